The van der Waals surface area contributed by atoms with E-state index < -0.39 is 0 Å². The SMILES string of the molecule is Cc1nn(C)c2ncc(NC3CCCC3C)cc12. The molecule has 0 amide bonds. The van der Waals surface area contributed by atoms with Crippen LogP contribution in [-0.2, 0) is 7.05 Å². The first kappa shape index (κ1) is 11.5. The van der Waals surface area contributed by atoms with E-state index in [0.29, 0.717) is 6.04 Å². The summed E-state index contributed by atoms with van der Waals surface area (Å²) < 4.78 is 1.84. The molecule has 2 unspecified atom stereocenters. The Hall–Kier alpha value is -1.58. The fraction of sp³-hybridized carbons (Fsp3) is 0.571. The Kier molecular flexibility index (Phi) is 2.73. The Balaban J connectivity index is 1.91. The van der Waals surface area contributed by atoms with Gasteiger partial charge in [0.05, 0.1) is 17.6 Å². The lowest BCUT2D eigenvalue weighted by Crippen LogP contribution is -2.21. The second-order valence-corrected chi connectivity index (χ2v) is 5.46. The van der Waals surface area contributed by atoms with Crippen LogP contribution in [0.15, 0.2) is 12.3 Å². The normalized spacial score (nSPS) is 23.7. The van der Waals surface area contributed by atoms with Gasteiger partial charge in [0.25, 0.3) is 0 Å². The van der Waals surface area contributed by atoms with Gasteiger partial charge in [0, 0.05) is 18.5 Å². The zero-order valence-corrected chi connectivity index (χ0v) is 11.3. The fourth-order valence-corrected chi connectivity index (χ4v) is 2.96. The number of rotatable bonds is 2. The molecule has 1 aliphatic rings. The van der Waals surface area contributed by atoms with Crippen molar-refractivity contribution < 1.29 is 0 Å². The van der Waals surface area contributed by atoms with Gasteiger partial charge in [0.2, 0.25) is 0 Å². The number of hydrogen-bond acceptors (Lipinski definition) is 3. The molecule has 96 valence electrons. The molecular formula is C14H20N4. The van der Waals surface area contributed by atoms with Crippen molar-refractivity contribution in [2.24, 2.45) is 13.0 Å². The molecule has 0 saturated heterocycles. The first-order chi connectivity index (χ1) is 8.65. The molecule has 0 aromatic carbocycles. The van der Waals surface area contributed by atoms with Crippen molar-refractivity contribution >= 4 is 16.7 Å². The summed E-state index contributed by atoms with van der Waals surface area (Å²) >= 11 is 0. The molecule has 0 aliphatic heterocycles. The van der Waals surface area contributed by atoms with Crippen LogP contribution in [0.2, 0.25) is 0 Å². The molecule has 2 atom stereocenters. The minimum Gasteiger partial charge on any atom is -0.381 e. The summed E-state index contributed by atoms with van der Waals surface area (Å²) in [7, 11) is 1.94. The number of anilines is 1. The molecule has 1 N–H and O–H groups in total. The van der Waals surface area contributed by atoms with Crippen LogP contribution < -0.4 is 5.32 Å². The van der Waals surface area contributed by atoms with Crippen LogP contribution in [-0.4, -0.2) is 20.8 Å². The third-order valence-electron chi connectivity index (χ3n) is 4.08. The Morgan fingerprint density at radius 1 is 1.39 bits per heavy atom. The van der Waals surface area contributed by atoms with E-state index >= 15 is 0 Å². The maximum Gasteiger partial charge on any atom is 0.157 e. The Bertz CT molecular complexity index is 572. The minimum atomic E-state index is 0.598. The van der Waals surface area contributed by atoms with Crippen molar-refractivity contribution in [1.82, 2.24) is 14.8 Å². The van der Waals surface area contributed by atoms with E-state index in [9.17, 15) is 0 Å². The van der Waals surface area contributed by atoms with E-state index in [1.807, 2.05) is 24.9 Å². The van der Waals surface area contributed by atoms with Gasteiger partial charge in [-0.15, -0.1) is 0 Å². The summed E-state index contributed by atoms with van der Waals surface area (Å²) in [5.41, 5.74) is 3.12. The molecule has 1 aliphatic carbocycles. The highest BCUT2D eigenvalue weighted by atomic mass is 15.3. The minimum absolute atomic E-state index is 0.598. The summed E-state index contributed by atoms with van der Waals surface area (Å²) in [5.74, 6) is 0.760. The van der Waals surface area contributed by atoms with E-state index in [1.54, 1.807) is 0 Å². The molecule has 2 aromatic rings. The zero-order valence-electron chi connectivity index (χ0n) is 11.3. The number of fused-ring (bicyclic) bond motifs is 1. The van der Waals surface area contributed by atoms with Crippen molar-refractivity contribution in [3.8, 4) is 0 Å². The second kappa shape index (κ2) is 4.26. The van der Waals surface area contributed by atoms with Crippen molar-refractivity contribution in [1.29, 1.82) is 0 Å². The summed E-state index contributed by atoms with van der Waals surface area (Å²) in [6, 6.07) is 2.77. The van der Waals surface area contributed by atoms with Gasteiger partial charge in [-0.2, -0.15) is 5.10 Å². The van der Waals surface area contributed by atoms with E-state index in [0.717, 1.165) is 28.3 Å². The third-order valence-corrected chi connectivity index (χ3v) is 4.08. The van der Waals surface area contributed by atoms with Crippen molar-refractivity contribution in [3.63, 3.8) is 0 Å². The molecule has 1 saturated carbocycles. The zero-order chi connectivity index (χ0) is 12.7. The highest BCUT2D eigenvalue weighted by molar-refractivity contribution is 5.81. The summed E-state index contributed by atoms with van der Waals surface area (Å²) in [5, 5.41) is 9.17. The molecule has 3 rings (SSSR count). The molecule has 18 heavy (non-hydrogen) atoms. The highest BCUT2D eigenvalue weighted by Gasteiger charge is 2.23. The molecule has 0 spiro atoms. The average molecular weight is 244 g/mol. The Morgan fingerprint density at radius 3 is 2.94 bits per heavy atom. The van der Waals surface area contributed by atoms with Crippen LogP contribution in [0.5, 0.6) is 0 Å². The van der Waals surface area contributed by atoms with Gasteiger partial charge in [-0.1, -0.05) is 13.3 Å². The number of nitrogens with zero attached hydrogens (tertiary/aromatic N) is 3. The molecule has 4 nitrogen and oxygen atoms in total. The smallest absolute Gasteiger partial charge is 0.157 e. The highest BCUT2D eigenvalue weighted by Crippen LogP contribution is 2.28. The largest absolute Gasteiger partial charge is 0.381 e. The van der Waals surface area contributed by atoms with Crippen LogP contribution in [0, 0.1) is 12.8 Å². The Labute approximate surface area is 107 Å². The lowest BCUT2D eigenvalue weighted by molar-refractivity contribution is 0.556. The number of aryl methyl sites for hydroxylation is 2. The number of pyridine rings is 1. The maximum absolute atomic E-state index is 4.51. The van der Waals surface area contributed by atoms with E-state index in [1.165, 1.54) is 19.3 Å². The van der Waals surface area contributed by atoms with E-state index in [2.05, 4.69) is 28.4 Å². The number of aromatic nitrogens is 3. The molecule has 1 fully saturated rings. The molecule has 2 heterocycles. The van der Waals surface area contributed by atoms with Crippen molar-refractivity contribution in [3.05, 3.63) is 18.0 Å². The second-order valence-electron chi connectivity index (χ2n) is 5.46. The van der Waals surface area contributed by atoms with Crippen LogP contribution in [0.25, 0.3) is 11.0 Å². The molecule has 4 heteroatoms. The van der Waals surface area contributed by atoms with Crippen LogP contribution in [0.3, 0.4) is 0 Å². The van der Waals surface area contributed by atoms with Crippen molar-refractivity contribution in [2.45, 2.75) is 39.2 Å². The quantitative estimate of drug-likeness (QED) is 0.883. The predicted molar refractivity (Wildman–Crippen MR) is 73.7 cm³/mol. The molecular weight excluding hydrogens is 224 g/mol. The maximum atomic E-state index is 4.51. The van der Waals surface area contributed by atoms with Gasteiger partial charge < -0.3 is 5.32 Å². The van der Waals surface area contributed by atoms with Gasteiger partial charge in [-0.25, -0.2) is 4.98 Å². The summed E-state index contributed by atoms with van der Waals surface area (Å²) in [6.45, 7) is 4.36. The fourth-order valence-electron chi connectivity index (χ4n) is 2.96. The van der Waals surface area contributed by atoms with Gasteiger partial charge in [-0.05, 0) is 31.7 Å². The predicted octanol–water partition coefficient (Wildman–Crippen LogP) is 2.88. The summed E-state index contributed by atoms with van der Waals surface area (Å²) in [4.78, 5) is 4.51. The summed E-state index contributed by atoms with van der Waals surface area (Å²) in [6.07, 6.45) is 5.86. The monoisotopic (exact) mass is 244 g/mol. The van der Waals surface area contributed by atoms with Crippen LogP contribution in [0.1, 0.15) is 31.9 Å². The van der Waals surface area contributed by atoms with Gasteiger partial charge in [0.1, 0.15) is 0 Å². The van der Waals surface area contributed by atoms with Crippen LogP contribution >= 0.6 is 0 Å². The average Bonchev–Trinajstić information content (AvgIpc) is 2.86. The van der Waals surface area contributed by atoms with E-state index in [-0.39, 0.29) is 0 Å². The molecule has 0 bridgehead atoms. The lowest BCUT2D eigenvalue weighted by atomic mass is 10.1. The van der Waals surface area contributed by atoms with Crippen LogP contribution in [0.4, 0.5) is 5.69 Å². The number of hydrogen-bond donors (Lipinski definition) is 1. The topological polar surface area (TPSA) is 42.7 Å². The number of nitrogens with one attached hydrogen (secondary N) is 1. The molecule has 2 aromatic heterocycles. The van der Waals surface area contributed by atoms with Gasteiger partial charge in [-0.3, -0.25) is 4.68 Å². The first-order valence-electron chi connectivity index (χ1n) is 6.71. The first-order valence-corrected chi connectivity index (χ1v) is 6.71. The lowest BCUT2D eigenvalue weighted by Gasteiger charge is -2.18. The Morgan fingerprint density at radius 2 is 2.22 bits per heavy atom. The van der Waals surface area contributed by atoms with Gasteiger partial charge >= 0.3 is 0 Å². The van der Waals surface area contributed by atoms with E-state index in [4.69, 9.17) is 0 Å². The van der Waals surface area contributed by atoms with Crippen molar-refractivity contribution in [2.75, 3.05) is 5.32 Å². The molecule has 0 radical (unpaired) electrons. The third kappa shape index (κ3) is 1.85. The standard InChI is InChI=1S/C14H20N4/c1-9-5-4-6-13(9)16-11-7-12-10(2)17-18(3)14(12)15-8-11/h7-9,13,16H,4-6H2,1-3H3. The van der Waals surface area contributed by atoms with Gasteiger partial charge in [0.15, 0.2) is 5.65 Å².